The number of hydrogen-bond donors (Lipinski definition) is 1. The van der Waals surface area contributed by atoms with Crippen molar-refractivity contribution in [3.63, 3.8) is 0 Å². The summed E-state index contributed by atoms with van der Waals surface area (Å²) in [7, 11) is 0. The molecule has 0 atom stereocenters. The summed E-state index contributed by atoms with van der Waals surface area (Å²) in [5, 5.41) is 8.96. The SMILES string of the molecule is CCCCC/C=C(\CCCCC)C(=O)O. The van der Waals surface area contributed by atoms with Gasteiger partial charge in [-0.2, -0.15) is 0 Å². The molecule has 0 aliphatic heterocycles. The Labute approximate surface area is 93.4 Å². The summed E-state index contributed by atoms with van der Waals surface area (Å²) in [5.74, 6) is -0.734. The van der Waals surface area contributed by atoms with Gasteiger partial charge in [-0.05, 0) is 25.7 Å². The number of aliphatic carboxylic acids is 1. The van der Waals surface area contributed by atoms with Gasteiger partial charge in [0.2, 0.25) is 0 Å². The number of rotatable bonds is 9. The number of carbonyl (C=O) groups is 1. The molecule has 15 heavy (non-hydrogen) atoms. The van der Waals surface area contributed by atoms with Gasteiger partial charge in [-0.1, -0.05) is 45.6 Å². The lowest BCUT2D eigenvalue weighted by molar-refractivity contribution is -0.132. The third-order valence-corrected chi connectivity index (χ3v) is 2.52. The molecule has 0 aromatic heterocycles. The lowest BCUT2D eigenvalue weighted by Gasteiger charge is -2.02. The van der Waals surface area contributed by atoms with Gasteiger partial charge in [0.25, 0.3) is 0 Å². The number of hydrogen-bond acceptors (Lipinski definition) is 1. The Bertz CT molecular complexity index is 195. The molecule has 2 nitrogen and oxygen atoms in total. The lowest BCUT2D eigenvalue weighted by Crippen LogP contribution is -2.00. The maximum absolute atomic E-state index is 10.9. The highest BCUT2D eigenvalue weighted by atomic mass is 16.4. The maximum Gasteiger partial charge on any atom is 0.331 e. The summed E-state index contributed by atoms with van der Waals surface area (Å²) >= 11 is 0. The molecular formula is C13H24O2. The third kappa shape index (κ3) is 8.22. The van der Waals surface area contributed by atoms with Crippen LogP contribution in [0.3, 0.4) is 0 Å². The molecule has 88 valence electrons. The van der Waals surface area contributed by atoms with E-state index in [2.05, 4.69) is 13.8 Å². The molecule has 0 aromatic carbocycles. The van der Waals surface area contributed by atoms with Crippen molar-refractivity contribution in [1.29, 1.82) is 0 Å². The second kappa shape index (κ2) is 9.75. The number of carboxylic acid groups (broad SMARTS) is 1. The van der Waals surface area contributed by atoms with Crippen molar-refractivity contribution >= 4 is 5.97 Å². The zero-order valence-corrected chi connectivity index (χ0v) is 10.1. The Morgan fingerprint density at radius 1 is 1.07 bits per heavy atom. The first kappa shape index (κ1) is 14.2. The molecule has 0 aromatic rings. The number of carboxylic acids is 1. The Kier molecular flexibility index (Phi) is 9.24. The Hall–Kier alpha value is -0.790. The molecule has 0 saturated heterocycles. The van der Waals surface area contributed by atoms with Gasteiger partial charge < -0.3 is 5.11 Å². The third-order valence-electron chi connectivity index (χ3n) is 2.52. The van der Waals surface area contributed by atoms with Gasteiger partial charge in [0, 0.05) is 5.57 Å². The van der Waals surface area contributed by atoms with Gasteiger partial charge in [0.1, 0.15) is 0 Å². The average Bonchev–Trinajstić information content (AvgIpc) is 2.21. The zero-order chi connectivity index (χ0) is 11.5. The van der Waals surface area contributed by atoms with Crippen LogP contribution in [0.2, 0.25) is 0 Å². The van der Waals surface area contributed by atoms with E-state index in [1.165, 1.54) is 12.8 Å². The second-order valence-electron chi connectivity index (χ2n) is 3.99. The molecule has 0 fully saturated rings. The highest BCUT2D eigenvalue weighted by molar-refractivity contribution is 5.86. The topological polar surface area (TPSA) is 37.3 Å². The van der Waals surface area contributed by atoms with Crippen LogP contribution in [0.4, 0.5) is 0 Å². The van der Waals surface area contributed by atoms with Gasteiger partial charge in [0.15, 0.2) is 0 Å². The maximum atomic E-state index is 10.9. The van der Waals surface area contributed by atoms with Crippen LogP contribution in [0.1, 0.15) is 65.2 Å². The molecule has 0 saturated carbocycles. The van der Waals surface area contributed by atoms with Crippen molar-refractivity contribution in [2.24, 2.45) is 0 Å². The minimum Gasteiger partial charge on any atom is -0.478 e. The summed E-state index contributed by atoms with van der Waals surface area (Å²) in [4.78, 5) is 10.9. The van der Waals surface area contributed by atoms with Crippen LogP contribution in [-0.4, -0.2) is 11.1 Å². The smallest absolute Gasteiger partial charge is 0.331 e. The van der Waals surface area contributed by atoms with E-state index in [1.807, 2.05) is 6.08 Å². The quantitative estimate of drug-likeness (QED) is 0.460. The average molecular weight is 212 g/mol. The molecule has 0 spiro atoms. The summed E-state index contributed by atoms with van der Waals surface area (Å²) in [5.41, 5.74) is 0.611. The molecule has 0 heterocycles. The Morgan fingerprint density at radius 2 is 1.67 bits per heavy atom. The van der Waals surface area contributed by atoms with Crippen LogP contribution in [0.15, 0.2) is 11.6 Å². The van der Waals surface area contributed by atoms with Crippen LogP contribution in [0.25, 0.3) is 0 Å². The Morgan fingerprint density at radius 3 is 2.20 bits per heavy atom. The first-order valence-electron chi connectivity index (χ1n) is 6.14. The van der Waals surface area contributed by atoms with Crippen molar-refractivity contribution in [2.45, 2.75) is 65.2 Å². The molecule has 2 heteroatoms. The van der Waals surface area contributed by atoms with Crippen molar-refractivity contribution in [1.82, 2.24) is 0 Å². The van der Waals surface area contributed by atoms with Gasteiger partial charge in [0.05, 0.1) is 0 Å². The minimum absolute atomic E-state index is 0.611. The van der Waals surface area contributed by atoms with E-state index in [-0.39, 0.29) is 0 Å². The van der Waals surface area contributed by atoms with Crippen molar-refractivity contribution in [3.05, 3.63) is 11.6 Å². The fraction of sp³-hybridized carbons (Fsp3) is 0.769. The fourth-order valence-corrected chi connectivity index (χ4v) is 1.53. The van der Waals surface area contributed by atoms with Gasteiger partial charge in [-0.15, -0.1) is 0 Å². The first-order valence-corrected chi connectivity index (χ1v) is 6.14. The number of unbranched alkanes of at least 4 members (excludes halogenated alkanes) is 5. The molecule has 0 rings (SSSR count). The molecule has 0 aliphatic carbocycles. The van der Waals surface area contributed by atoms with Crippen molar-refractivity contribution in [3.8, 4) is 0 Å². The van der Waals surface area contributed by atoms with Crippen LogP contribution in [0, 0.1) is 0 Å². The van der Waals surface area contributed by atoms with E-state index in [0.717, 1.165) is 38.5 Å². The molecule has 0 amide bonds. The van der Waals surface area contributed by atoms with E-state index in [1.54, 1.807) is 0 Å². The predicted molar refractivity (Wildman–Crippen MR) is 64.0 cm³/mol. The lowest BCUT2D eigenvalue weighted by atomic mass is 10.1. The highest BCUT2D eigenvalue weighted by Crippen LogP contribution is 2.11. The first-order chi connectivity index (χ1) is 7.22. The van der Waals surface area contributed by atoms with Crippen LogP contribution < -0.4 is 0 Å². The van der Waals surface area contributed by atoms with E-state index in [4.69, 9.17) is 5.11 Å². The summed E-state index contributed by atoms with van der Waals surface area (Å²) < 4.78 is 0. The van der Waals surface area contributed by atoms with Crippen molar-refractivity contribution < 1.29 is 9.90 Å². The van der Waals surface area contributed by atoms with E-state index < -0.39 is 5.97 Å². The Balaban J connectivity index is 3.85. The summed E-state index contributed by atoms with van der Waals surface area (Å²) in [6, 6.07) is 0. The van der Waals surface area contributed by atoms with Crippen LogP contribution in [-0.2, 0) is 4.79 Å². The van der Waals surface area contributed by atoms with Gasteiger partial charge in [-0.25, -0.2) is 4.79 Å². The summed E-state index contributed by atoms with van der Waals surface area (Å²) in [6.07, 6.45) is 10.3. The molecule has 1 N–H and O–H groups in total. The summed E-state index contributed by atoms with van der Waals surface area (Å²) in [6.45, 7) is 4.29. The van der Waals surface area contributed by atoms with Crippen LogP contribution in [0.5, 0.6) is 0 Å². The molecule has 0 unspecified atom stereocenters. The van der Waals surface area contributed by atoms with Crippen LogP contribution >= 0.6 is 0 Å². The second-order valence-corrected chi connectivity index (χ2v) is 3.99. The molecular weight excluding hydrogens is 188 g/mol. The standard InChI is InChI=1S/C13H24O2/c1-3-5-7-9-11-12(13(14)15)10-8-6-4-2/h11H,3-10H2,1-2H3,(H,14,15)/b12-11+. The molecule has 0 aliphatic rings. The predicted octanol–water partition coefficient (Wildman–Crippen LogP) is 4.16. The van der Waals surface area contributed by atoms with E-state index in [0.29, 0.717) is 5.57 Å². The largest absolute Gasteiger partial charge is 0.478 e. The molecule has 0 radical (unpaired) electrons. The van der Waals surface area contributed by atoms with E-state index >= 15 is 0 Å². The van der Waals surface area contributed by atoms with Gasteiger partial charge in [-0.3, -0.25) is 0 Å². The van der Waals surface area contributed by atoms with Gasteiger partial charge >= 0.3 is 5.97 Å². The zero-order valence-electron chi connectivity index (χ0n) is 10.1. The monoisotopic (exact) mass is 212 g/mol. The van der Waals surface area contributed by atoms with Crippen molar-refractivity contribution in [2.75, 3.05) is 0 Å². The number of allylic oxidation sites excluding steroid dienone is 1. The molecule has 0 bridgehead atoms. The highest BCUT2D eigenvalue weighted by Gasteiger charge is 2.05. The fourth-order valence-electron chi connectivity index (χ4n) is 1.53. The normalized spacial score (nSPS) is 11.7. The minimum atomic E-state index is -0.734. The van der Waals surface area contributed by atoms with E-state index in [9.17, 15) is 4.79 Å².